The Hall–Kier alpha value is 1.19. The van der Waals surface area contributed by atoms with E-state index in [1.807, 2.05) is 0 Å². The summed E-state index contributed by atoms with van der Waals surface area (Å²) in [7, 11) is -2.46. The maximum atomic E-state index is 5.90. The fraction of sp³-hybridized carbons (Fsp3) is 1.00. The molecule has 0 aromatic rings. The van der Waals surface area contributed by atoms with Gasteiger partial charge >= 0.3 is 115 Å². The second-order valence-corrected chi connectivity index (χ2v) is 33.8. The van der Waals surface area contributed by atoms with Gasteiger partial charge in [0.2, 0.25) is 0 Å². The molecule has 0 atom stereocenters. The molecule has 0 fully saturated rings. The maximum Gasteiger partial charge on any atom is 0.170 e. The fourth-order valence-electron chi connectivity index (χ4n) is 3.88. The first kappa shape index (κ1) is 29.4. The second-order valence-electron chi connectivity index (χ2n) is 10.2. The van der Waals surface area contributed by atoms with Crippen LogP contribution in [0.5, 0.6) is 0 Å². The molecule has 4 heteroatoms. The molecule has 0 aromatic carbocycles. The van der Waals surface area contributed by atoms with Crippen molar-refractivity contribution in [2.75, 3.05) is 0 Å². The second kappa shape index (κ2) is 16.0. The van der Waals surface area contributed by atoms with Crippen molar-refractivity contribution in [1.82, 2.24) is 0 Å². The van der Waals surface area contributed by atoms with Gasteiger partial charge in [-0.1, -0.05) is 0 Å². The first-order valence-electron chi connectivity index (χ1n) is 11.7. The number of hydrogen-bond acceptors (Lipinski definition) is 1. The van der Waals surface area contributed by atoms with Crippen LogP contribution in [0.1, 0.15) is 79.1 Å². The van der Waals surface area contributed by atoms with Crippen molar-refractivity contribution in [2.45, 2.75) is 136 Å². The van der Waals surface area contributed by atoms with Gasteiger partial charge in [0.15, 0.2) is 16.6 Å². The molecule has 26 heavy (non-hydrogen) atoms. The number of unbranched alkanes of at least 4 members (excludes halogenated alkanes) is 4. The molecule has 160 valence electrons. The first-order valence-corrected chi connectivity index (χ1v) is 26.5. The monoisotopic (exact) mass is 510 g/mol. The van der Waals surface area contributed by atoms with Crippen LogP contribution in [-0.4, -0.2) is 35.0 Å². The summed E-state index contributed by atoms with van der Waals surface area (Å²) in [5, 5.41) is 0. The minimum atomic E-state index is -1.69. The van der Waals surface area contributed by atoms with Gasteiger partial charge in [-0.3, -0.25) is 0 Å². The average Bonchev–Trinajstić information content (AvgIpc) is 2.50. The van der Waals surface area contributed by atoms with Crippen LogP contribution in [-0.2, 0) is 4.12 Å². The van der Waals surface area contributed by atoms with Crippen molar-refractivity contribution in [2.24, 2.45) is 0 Å². The maximum absolute atomic E-state index is 5.90. The van der Waals surface area contributed by atoms with Gasteiger partial charge in [-0.15, -0.1) is 0 Å². The van der Waals surface area contributed by atoms with Crippen molar-refractivity contribution >= 4 is 35.0 Å². The quantitative estimate of drug-likeness (QED) is 0.212. The molecule has 0 aliphatic rings. The Morgan fingerprint density at radius 3 is 0.846 bits per heavy atom. The molecule has 1 nitrogen and oxygen atoms in total. The van der Waals surface area contributed by atoms with E-state index in [9.17, 15) is 0 Å². The Morgan fingerprint density at radius 2 is 0.731 bits per heavy atom. The van der Waals surface area contributed by atoms with Gasteiger partial charge < -0.3 is 4.12 Å². The molecule has 0 amide bonds. The minimum absolute atomic E-state index is 1.23. The van der Waals surface area contributed by atoms with Crippen LogP contribution in [0.15, 0.2) is 0 Å². The molecule has 0 aliphatic heterocycles. The summed E-state index contributed by atoms with van der Waals surface area (Å²) in [6.07, 6.45) is 11.8. The van der Waals surface area contributed by atoms with E-state index in [4.69, 9.17) is 4.12 Å². The van der Waals surface area contributed by atoms with E-state index in [1.165, 1.54) is 51.4 Å². The molecule has 0 N–H and O–H groups in total. The van der Waals surface area contributed by atoms with Crippen molar-refractivity contribution < 1.29 is 4.12 Å². The third-order valence-corrected chi connectivity index (χ3v) is 25.9. The first-order chi connectivity index (χ1) is 11.9. The van der Waals surface area contributed by atoms with Crippen LogP contribution in [0.3, 0.4) is 0 Å². The molecule has 0 aliphatic carbocycles. The van der Waals surface area contributed by atoms with E-state index in [0.717, 1.165) is 0 Å². The largest absolute Gasteiger partial charge is 0.456 e. The van der Waals surface area contributed by atoms with Gasteiger partial charge in [0.05, 0.1) is 0 Å². The van der Waals surface area contributed by atoms with Crippen LogP contribution < -0.4 is 0 Å². The third kappa shape index (κ3) is 19.9. The zero-order valence-electron chi connectivity index (χ0n) is 20.4. The normalized spacial score (nSPS) is 12.7. The predicted octanol–water partition coefficient (Wildman–Crippen LogP) is 9.31. The average molecular weight is 510 g/mol. The Labute approximate surface area is 174 Å². The molecular formula is C22H54OSi2Sn. The summed E-state index contributed by atoms with van der Waals surface area (Å²) >= 11 is -1.69. The topological polar surface area (TPSA) is 9.23 Å². The molecule has 0 radical (unpaired) electrons. The molecule has 0 aromatic heterocycles. The van der Waals surface area contributed by atoms with E-state index in [0.29, 0.717) is 0 Å². The van der Waals surface area contributed by atoms with Crippen molar-refractivity contribution in [3.8, 4) is 0 Å². The zero-order valence-corrected chi connectivity index (χ0v) is 25.2. The van der Waals surface area contributed by atoms with Gasteiger partial charge in [0, 0.05) is 0 Å². The summed E-state index contributed by atoms with van der Waals surface area (Å²) < 4.78 is 12.7. The third-order valence-electron chi connectivity index (χ3n) is 4.86. The SMILES string of the molecule is CCC[CH2][Sn]([CH2]CCC)([CH2]CCC)[CH2]CCC.C[Si](C)(C)O[Si](C)(C)C. The zero-order chi connectivity index (χ0) is 20.7. The number of hydrogen-bond donors (Lipinski definition) is 0. The molecule has 0 unspecified atom stereocenters. The number of rotatable bonds is 14. The van der Waals surface area contributed by atoms with Crippen LogP contribution >= 0.6 is 0 Å². The van der Waals surface area contributed by atoms with Gasteiger partial charge in [-0.2, -0.15) is 0 Å². The molecule has 0 saturated carbocycles. The fourth-order valence-corrected chi connectivity index (χ4v) is 28.1. The van der Waals surface area contributed by atoms with Crippen LogP contribution in [0, 0.1) is 0 Å². The molecular weight excluding hydrogens is 455 g/mol. The van der Waals surface area contributed by atoms with E-state index < -0.39 is 35.0 Å². The van der Waals surface area contributed by atoms with Crippen LogP contribution in [0.2, 0.25) is 57.0 Å². The minimum Gasteiger partial charge on any atom is -0.456 e. The van der Waals surface area contributed by atoms with E-state index in [2.05, 4.69) is 67.0 Å². The van der Waals surface area contributed by atoms with E-state index in [-0.39, 0.29) is 0 Å². The summed E-state index contributed by atoms with van der Waals surface area (Å²) in [5.74, 6) is 0. The van der Waals surface area contributed by atoms with Gasteiger partial charge in [0.25, 0.3) is 0 Å². The van der Waals surface area contributed by atoms with Crippen molar-refractivity contribution in [3.05, 3.63) is 0 Å². The smallest absolute Gasteiger partial charge is 0.170 e. The Bertz CT molecular complexity index is 259. The summed E-state index contributed by atoms with van der Waals surface area (Å²) in [4.78, 5) is 0. The Balaban J connectivity index is 0. The van der Waals surface area contributed by atoms with Gasteiger partial charge in [-0.25, -0.2) is 0 Å². The molecule has 0 saturated heterocycles. The molecule has 0 heterocycles. The summed E-state index contributed by atoms with van der Waals surface area (Å²) in [6, 6.07) is 0. The Kier molecular flexibility index (Phi) is 18.1. The van der Waals surface area contributed by atoms with Crippen molar-refractivity contribution in [3.63, 3.8) is 0 Å². The predicted molar refractivity (Wildman–Crippen MR) is 132 cm³/mol. The molecule has 0 bridgehead atoms. The summed E-state index contributed by atoms with van der Waals surface area (Å²) in [6.45, 7) is 22.9. The van der Waals surface area contributed by atoms with Crippen LogP contribution in [0.25, 0.3) is 0 Å². The molecule has 0 rings (SSSR count). The van der Waals surface area contributed by atoms with Gasteiger partial charge in [0.1, 0.15) is 0 Å². The van der Waals surface area contributed by atoms with Crippen LogP contribution in [0.4, 0.5) is 0 Å². The van der Waals surface area contributed by atoms with E-state index in [1.54, 1.807) is 17.7 Å². The van der Waals surface area contributed by atoms with E-state index >= 15 is 0 Å². The van der Waals surface area contributed by atoms with Crippen molar-refractivity contribution in [1.29, 1.82) is 0 Å². The summed E-state index contributed by atoms with van der Waals surface area (Å²) in [5.41, 5.74) is 0. The standard InChI is InChI=1S/C6H18OSi2.4C4H9.Sn/c1-8(2,3)7-9(4,5)6;4*1-3-4-2;/h1-6H3;4*1,3-4H2,2H3;. The Morgan fingerprint density at radius 1 is 0.500 bits per heavy atom. The van der Waals surface area contributed by atoms with Gasteiger partial charge in [-0.05, 0) is 39.3 Å². The molecule has 0 spiro atoms.